The van der Waals surface area contributed by atoms with Crippen molar-refractivity contribution in [2.24, 2.45) is 5.41 Å². The number of amides is 1. The highest BCUT2D eigenvalue weighted by Crippen LogP contribution is 2.46. The van der Waals surface area contributed by atoms with Gasteiger partial charge in [-0.05, 0) is 37.8 Å². The van der Waals surface area contributed by atoms with E-state index in [0.29, 0.717) is 17.7 Å². The van der Waals surface area contributed by atoms with Crippen LogP contribution in [0.4, 0.5) is 0 Å². The first kappa shape index (κ1) is 17.0. The molecule has 1 saturated carbocycles. The minimum Gasteiger partial charge on any atom is -0.465 e. The second-order valence-corrected chi connectivity index (χ2v) is 6.85. The van der Waals surface area contributed by atoms with E-state index < -0.39 is 5.97 Å². The molecule has 1 aromatic rings. The Labute approximate surface area is 142 Å². The Hall–Kier alpha value is -1.88. The summed E-state index contributed by atoms with van der Waals surface area (Å²) in [5.41, 5.74) is 0.829. The van der Waals surface area contributed by atoms with Crippen molar-refractivity contribution in [3.8, 4) is 0 Å². The van der Waals surface area contributed by atoms with Crippen LogP contribution >= 0.6 is 0 Å². The fourth-order valence-electron chi connectivity index (χ4n) is 4.40. The molecule has 130 valence electrons. The van der Waals surface area contributed by atoms with Gasteiger partial charge in [0.15, 0.2) is 0 Å². The van der Waals surface area contributed by atoms with E-state index in [2.05, 4.69) is 0 Å². The second-order valence-electron chi connectivity index (χ2n) is 6.85. The summed E-state index contributed by atoms with van der Waals surface area (Å²) in [6, 6.07) is 6.89. The lowest BCUT2D eigenvalue weighted by molar-refractivity contribution is -0.0295. The van der Waals surface area contributed by atoms with Gasteiger partial charge in [-0.25, -0.2) is 4.79 Å². The van der Waals surface area contributed by atoms with Gasteiger partial charge in [0.1, 0.15) is 0 Å². The average molecular weight is 331 g/mol. The van der Waals surface area contributed by atoms with E-state index in [1.54, 1.807) is 31.4 Å². The number of likely N-dealkylation sites (tertiary alicyclic amines) is 1. The molecule has 0 unspecified atom stereocenters. The highest BCUT2D eigenvalue weighted by atomic mass is 16.5. The van der Waals surface area contributed by atoms with Gasteiger partial charge in [-0.1, -0.05) is 18.6 Å². The number of rotatable bonds is 3. The van der Waals surface area contributed by atoms with Gasteiger partial charge in [0.25, 0.3) is 5.91 Å². The van der Waals surface area contributed by atoms with Crippen molar-refractivity contribution in [2.75, 3.05) is 27.3 Å². The van der Waals surface area contributed by atoms with E-state index in [0.717, 1.165) is 38.6 Å². The van der Waals surface area contributed by atoms with Crippen LogP contribution in [-0.2, 0) is 9.47 Å². The summed E-state index contributed by atoms with van der Waals surface area (Å²) in [6.45, 7) is 1.44. The van der Waals surface area contributed by atoms with Gasteiger partial charge < -0.3 is 14.4 Å². The number of hydrogen-bond acceptors (Lipinski definition) is 4. The second kappa shape index (κ2) is 6.93. The third-order valence-corrected chi connectivity index (χ3v) is 5.57. The fourth-order valence-corrected chi connectivity index (χ4v) is 4.40. The normalized spacial score (nSPS) is 26.6. The van der Waals surface area contributed by atoms with Crippen molar-refractivity contribution in [1.82, 2.24) is 4.90 Å². The number of methoxy groups -OCH3 is 2. The van der Waals surface area contributed by atoms with Crippen LogP contribution in [0.2, 0.25) is 0 Å². The van der Waals surface area contributed by atoms with E-state index in [9.17, 15) is 9.59 Å². The quantitative estimate of drug-likeness (QED) is 0.799. The molecule has 1 saturated heterocycles. The molecule has 3 rings (SSSR count). The predicted molar refractivity (Wildman–Crippen MR) is 90.0 cm³/mol. The number of benzene rings is 1. The molecular weight excluding hydrogens is 306 g/mol. The van der Waals surface area contributed by atoms with Crippen LogP contribution in [0, 0.1) is 5.41 Å². The maximum atomic E-state index is 13.1. The molecule has 0 N–H and O–H groups in total. The van der Waals surface area contributed by atoms with Gasteiger partial charge >= 0.3 is 5.97 Å². The Balaban J connectivity index is 1.84. The van der Waals surface area contributed by atoms with E-state index in [1.165, 1.54) is 7.11 Å². The van der Waals surface area contributed by atoms with Crippen molar-refractivity contribution in [3.63, 3.8) is 0 Å². The van der Waals surface area contributed by atoms with E-state index in [-0.39, 0.29) is 17.4 Å². The van der Waals surface area contributed by atoms with Crippen LogP contribution in [0.15, 0.2) is 24.3 Å². The molecule has 0 aromatic heterocycles. The summed E-state index contributed by atoms with van der Waals surface area (Å²) in [5, 5.41) is 0. The highest BCUT2D eigenvalue weighted by molar-refractivity contribution is 6.05. The van der Waals surface area contributed by atoms with Gasteiger partial charge in [0, 0.05) is 25.6 Å². The molecule has 2 aliphatic rings. The van der Waals surface area contributed by atoms with Crippen LogP contribution in [0.1, 0.15) is 52.8 Å². The highest BCUT2D eigenvalue weighted by Gasteiger charge is 2.46. The lowest BCUT2D eigenvalue weighted by atomic mass is 9.76. The van der Waals surface area contributed by atoms with E-state index in [1.807, 2.05) is 4.90 Å². The number of carbonyl (C=O) groups is 2. The van der Waals surface area contributed by atoms with Gasteiger partial charge in [0.05, 0.1) is 24.3 Å². The molecule has 24 heavy (non-hydrogen) atoms. The van der Waals surface area contributed by atoms with Crippen molar-refractivity contribution in [2.45, 2.75) is 38.2 Å². The monoisotopic (exact) mass is 331 g/mol. The number of nitrogens with zero attached hydrogens (tertiary/aromatic N) is 1. The molecule has 0 radical (unpaired) electrons. The maximum Gasteiger partial charge on any atom is 0.338 e. The van der Waals surface area contributed by atoms with Crippen LogP contribution < -0.4 is 0 Å². The van der Waals surface area contributed by atoms with Crippen molar-refractivity contribution in [1.29, 1.82) is 0 Å². The molecular formula is C19H25NO4. The molecule has 1 amide bonds. The number of ether oxygens (including phenoxy) is 2. The Morgan fingerprint density at radius 3 is 2.54 bits per heavy atom. The van der Waals surface area contributed by atoms with Crippen LogP contribution in [0.5, 0.6) is 0 Å². The molecule has 2 fully saturated rings. The third kappa shape index (κ3) is 2.93. The molecule has 1 spiro atoms. The largest absolute Gasteiger partial charge is 0.465 e. The molecule has 1 aromatic carbocycles. The van der Waals surface area contributed by atoms with Gasteiger partial charge in [-0.15, -0.1) is 0 Å². The van der Waals surface area contributed by atoms with E-state index >= 15 is 0 Å². The molecule has 5 nitrogen and oxygen atoms in total. The lowest BCUT2D eigenvalue weighted by Crippen LogP contribution is -2.50. The smallest absolute Gasteiger partial charge is 0.338 e. The van der Waals surface area contributed by atoms with Crippen molar-refractivity contribution < 1.29 is 19.1 Å². The minimum absolute atomic E-state index is 0.0723. The first-order chi connectivity index (χ1) is 11.6. The average Bonchev–Trinajstić information content (AvgIpc) is 3.02. The molecule has 1 heterocycles. The molecule has 2 atom stereocenters. The number of carbonyl (C=O) groups excluding carboxylic acids is 2. The number of esters is 1. The maximum absolute atomic E-state index is 13.1. The SMILES string of the molecule is COC(=O)c1ccccc1C(=O)N1CCC[C@@]2(CCC[C@H]2OC)C1. The summed E-state index contributed by atoms with van der Waals surface area (Å²) in [6.07, 6.45) is 5.63. The summed E-state index contributed by atoms with van der Waals surface area (Å²) >= 11 is 0. The lowest BCUT2D eigenvalue weighted by Gasteiger charge is -2.43. The molecule has 1 aliphatic carbocycles. The summed E-state index contributed by atoms with van der Waals surface area (Å²) in [4.78, 5) is 26.9. The van der Waals surface area contributed by atoms with Gasteiger partial charge in [0.2, 0.25) is 0 Å². The summed E-state index contributed by atoms with van der Waals surface area (Å²) in [5.74, 6) is -0.557. The van der Waals surface area contributed by atoms with Crippen LogP contribution in [-0.4, -0.2) is 50.2 Å². The Bertz CT molecular complexity index is 630. The Kier molecular flexibility index (Phi) is 4.90. The first-order valence-corrected chi connectivity index (χ1v) is 8.61. The fraction of sp³-hybridized carbons (Fsp3) is 0.579. The summed E-state index contributed by atoms with van der Waals surface area (Å²) in [7, 11) is 3.10. The Morgan fingerprint density at radius 1 is 1.12 bits per heavy atom. The molecule has 1 aliphatic heterocycles. The summed E-state index contributed by atoms with van der Waals surface area (Å²) < 4.78 is 10.5. The third-order valence-electron chi connectivity index (χ3n) is 5.57. The number of hydrogen-bond donors (Lipinski definition) is 0. The van der Waals surface area contributed by atoms with E-state index in [4.69, 9.17) is 9.47 Å². The topological polar surface area (TPSA) is 55.8 Å². The van der Waals surface area contributed by atoms with Crippen LogP contribution in [0.3, 0.4) is 0 Å². The first-order valence-electron chi connectivity index (χ1n) is 8.61. The molecule has 0 bridgehead atoms. The zero-order valence-corrected chi connectivity index (χ0v) is 14.4. The van der Waals surface area contributed by atoms with Crippen LogP contribution in [0.25, 0.3) is 0 Å². The predicted octanol–water partition coefficient (Wildman–Crippen LogP) is 2.89. The number of piperidine rings is 1. The van der Waals surface area contributed by atoms with Crippen molar-refractivity contribution in [3.05, 3.63) is 35.4 Å². The standard InChI is InChI=1S/C19H25NO4/c1-23-16-9-5-10-19(16)11-6-12-20(13-19)17(21)14-7-3-4-8-15(14)18(22)24-2/h3-4,7-8,16H,5-6,9-13H2,1-2H3/t16-,19+/m1/s1. The van der Waals surface area contributed by atoms with Gasteiger partial charge in [-0.2, -0.15) is 0 Å². The van der Waals surface area contributed by atoms with Crippen molar-refractivity contribution >= 4 is 11.9 Å². The zero-order chi connectivity index (χ0) is 17.2. The zero-order valence-electron chi connectivity index (χ0n) is 14.4. The Morgan fingerprint density at radius 2 is 1.83 bits per heavy atom. The minimum atomic E-state index is -0.471. The molecule has 5 heteroatoms. The van der Waals surface area contributed by atoms with Gasteiger partial charge in [-0.3, -0.25) is 4.79 Å².